The normalized spacial score (nSPS) is 16.4. The minimum Gasteiger partial charge on any atom is -0.260 e. The smallest absolute Gasteiger partial charge is 0.165 e. The van der Waals surface area contributed by atoms with Crippen molar-refractivity contribution in [2.45, 2.75) is 12.8 Å². The molecule has 0 bridgehead atoms. The number of nitrogens with zero attached hydrogens (tertiary/aromatic N) is 2. The number of hydrogen-bond acceptors (Lipinski definition) is 3. The van der Waals surface area contributed by atoms with E-state index in [4.69, 9.17) is 11.6 Å². The van der Waals surface area contributed by atoms with Gasteiger partial charge in [-0.2, -0.15) is 5.10 Å². The van der Waals surface area contributed by atoms with Crippen LogP contribution in [0.5, 0.6) is 0 Å². The van der Waals surface area contributed by atoms with E-state index in [0.717, 1.165) is 0 Å². The number of anilines is 1. The molecule has 0 atom stereocenters. The summed E-state index contributed by atoms with van der Waals surface area (Å²) < 4.78 is 0. The molecule has 13 heavy (non-hydrogen) atoms. The van der Waals surface area contributed by atoms with Crippen molar-refractivity contribution >= 4 is 23.6 Å². The highest BCUT2D eigenvalue weighted by atomic mass is 35.5. The fraction of sp³-hybridized carbons (Fsp3) is 0.333. The van der Waals surface area contributed by atoms with E-state index < -0.39 is 0 Å². The largest absolute Gasteiger partial charge is 0.260 e. The lowest BCUT2D eigenvalue weighted by Gasteiger charge is -1.99. The van der Waals surface area contributed by atoms with Crippen molar-refractivity contribution in [1.29, 1.82) is 0 Å². The second-order valence-electron chi connectivity index (χ2n) is 3.06. The van der Waals surface area contributed by atoms with E-state index in [1.165, 1.54) is 12.8 Å². The van der Waals surface area contributed by atoms with E-state index >= 15 is 0 Å². The van der Waals surface area contributed by atoms with Crippen LogP contribution in [-0.2, 0) is 0 Å². The van der Waals surface area contributed by atoms with Crippen molar-refractivity contribution in [2.24, 2.45) is 11.0 Å². The summed E-state index contributed by atoms with van der Waals surface area (Å²) >= 11 is 5.86. The Morgan fingerprint density at radius 3 is 3.15 bits per heavy atom. The first-order valence-corrected chi connectivity index (χ1v) is 4.64. The molecule has 1 aromatic rings. The molecule has 0 aliphatic heterocycles. The summed E-state index contributed by atoms with van der Waals surface area (Å²) in [4.78, 5) is 4.04. The van der Waals surface area contributed by atoms with E-state index in [-0.39, 0.29) is 0 Å². The number of hydrogen-bond donors (Lipinski definition) is 1. The molecule has 0 spiro atoms. The summed E-state index contributed by atoms with van der Waals surface area (Å²) in [6.45, 7) is 0. The van der Waals surface area contributed by atoms with E-state index in [1.807, 2.05) is 6.21 Å². The second kappa shape index (κ2) is 3.75. The molecule has 68 valence electrons. The summed E-state index contributed by atoms with van der Waals surface area (Å²) in [6, 6.07) is 3.57. The zero-order chi connectivity index (χ0) is 9.10. The fourth-order valence-electron chi connectivity index (χ4n) is 0.917. The Morgan fingerprint density at radius 2 is 2.46 bits per heavy atom. The topological polar surface area (TPSA) is 37.3 Å². The first kappa shape index (κ1) is 8.51. The Bertz CT molecular complexity index is 320. The fourth-order valence-corrected chi connectivity index (χ4v) is 1.08. The van der Waals surface area contributed by atoms with Gasteiger partial charge in [-0.1, -0.05) is 11.6 Å². The van der Waals surface area contributed by atoms with Gasteiger partial charge in [0.15, 0.2) is 5.82 Å². The molecule has 1 heterocycles. The summed E-state index contributed by atoms with van der Waals surface area (Å²) in [5.41, 5.74) is 2.81. The maximum Gasteiger partial charge on any atom is 0.165 e. The maximum atomic E-state index is 5.86. The Kier molecular flexibility index (Phi) is 2.45. The molecule has 1 N–H and O–H groups in total. The minimum atomic E-state index is 0.593. The zero-order valence-electron chi connectivity index (χ0n) is 7.07. The Morgan fingerprint density at radius 1 is 1.62 bits per heavy atom. The zero-order valence-corrected chi connectivity index (χ0v) is 7.83. The maximum absolute atomic E-state index is 5.86. The molecule has 1 aliphatic carbocycles. The predicted molar refractivity (Wildman–Crippen MR) is 54.1 cm³/mol. The lowest BCUT2D eigenvalue weighted by Crippen LogP contribution is -1.93. The van der Waals surface area contributed by atoms with Crippen LogP contribution in [0.3, 0.4) is 0 Å². The Hall–Kier alpha value is -1.09. The van der Waals surface area contributed by atoms with Crippen LogP contribution in [0, 0.1) is 5.92 Å². The molecule has 2 rings (SSSR count). The van der Waals surface area contributed by atoms with Crippen molar-refractivity contribution in [3.63, 3.8) is 0 Å². The first-order chi connectivity index (χ1) is 6.36. The molecule has 1 aliphatic rings. The van der Waals surface area contributed by atoms with Crippen LogP contribution in [0.25, 0.3) is 0 Å². The number of nitrogens with one attached hydrogen (secondary N) is 1. The third kappa shape index (κ3) is 2.42. The SMILES string of the molecule is Clc1cccnc1N/N=C/C1CC1. The van der Waals surface area contributed by atoms with Crippen LogP contribution in [0.1, 0.15) is 12.8 Å². The monoisotopic (exact) mass is 195 g/mol. The highest BCUT2D eigenvalue weighted by Crippen LogP contribution is 2.26. The summed E-state index contributed by atoms with van der Waals surface area (Å²) in [5.74, 6) is 1.27. The van der Waals surface area contributed by atoms with Gasteiger partial charge < -0.3 is 0 Å². The number of rotatable bonds is 3. The van der Waals surface area contributed by atoms with Crippen LogP contribution in [0.15, 0.2) is 23.4 Å². The van der Waals surface area contributed by atoms with Crippen LogP contribution in [-0.4, -0.2) is 11.2 Å². The number of pyridine rings is 1. The van der Waals surface area contributed by atoms with Crippen molar-refractivity contribution in [3.05, 3.63) is 23.4 Å². The minimum absolute atomic E-state index is 0.593. The molecular formula is C9H10ClN3. The van der Waals surface area contributed by atoms with E-state index in [2.05, 4.69) is 15.5 Å². The molecule has 1 aromatic heterocycles. The third-order valence-corrected chi connectivity index (χ3v) is 2.14. The van der Waals surface area contributed by atoms with Crippen LogP contribution < -0.4 is 5.43 Å². The van der Waals surface area contributed by atoms with Gasteiger partial charge in [-0.15, -0.1) is 0 Å². The lowest BCUT2D eigenvalue weighted by atomic mass is 10.5. The highest BCUT2D eigenvalue weighted by Gasteiger charge is 2.18. The second-order valence-corrected chi connectivity index (χ2v) is 3.47. The van der Waals surface area contributed by atoms with Crippen molar-refractivity contribution in [1.82, 2.24) is 4.98 Å². The van der Waals surface area contributed by atoms with Gasteiger partial charge in [0.1, 0.15) is 0 Å². The van der Waals surface area contributed by atoms with Gasteiger partial charge in [0.2, 0.25) is 0 Å². The molecular weight excluding hydrogens is 186 g/mol. The van der Waals surface area contributed by atoms with Crippen molar-refractivity contribution < 1.29 is 0 Å². The van der Waals surface area contributed by atoms with Gasteiger partial charge in [-0.3, -0.25) is 5.43 Å². The number of hydrazone groups is 1. The van der Waals surface area contributed by atoms with Crippen LogP contribution >= 0.6 is 11.6 Å². The molecule has 0 saturated heterocycles. The predicted octanol–water partition coefficient (Wildman–Crippen LogP) is 2.54. The van der Waals surface area contributed by atoms with Gasteiger partial charge in [-0.05, 0) is 30.9 Å². The van der Waals surface area contributed by atoms with E-state index in [0.29, 0.717) is 16.8 Å². The van der Waals surface area contributed by atoms with Gasteiger partial charge >= 0.3 is 0 Å². The van der Waals surface area contributed by atoms with E-state index in [9.17, 15) is 0 Å². The van der Waals surface area contributed by atoms with Crippen LogP contribution in [0.2, 0.25) is 5.02 Å². The number of halogens is 1. The average molecular weight is 196 g/mol. The lowest BCUT2D eigenvalue weighted by molar-refractivity contribution is 1.17. The van der Waals surface area contributed by atoms with Gasteiger partial charge in [0, 0.05) is 12.4 Å². The first-order valence-electron chi connectivity index (χ1n) is 4.26. The van der Waals surface area contributed by atoms with Crippen molar-refractivity contribution in [3.8, 4) is 0 Å². The van der Waals surface area contributed by atoms with Gasteiger partial charge in [-0.25, -0.2) is 4.98 Å². The number of aromatic nitrogens is 1. The Balaban J connectivity index is 1.96. The average Bonchev–Trinajstić information content (AvgIpc) is 2.92. The highest BCUT2D eigenvalue weighted by molar-refractivity contribution is 6.32. The molecule has 0 radical (unpaired) electrons. The summed E-state index contributed by atoms with van der Waals surface area (Å²) in [7, 11) is 0. The molecule has 0 amide bonds. The van der Waals surface area contributed by atoms with Gasteiger partial charge in [0.05, 0.1) is 5.02 Å². The van der Waals surface area contributed by atoms with Gasteiger partial charge in [0.25, 0.3) is 0 Å². The molecule has 0 unspecified atom stereocenters. The van der Waals surface area contributed by atoms with Crippen LogP contribution in [0.4, 0.5) is 5.82 Å². The molecule has 0 aromatic carbocycles. The summed E-state index contributed by atoms with van der Waals surface area (Å²) in [6.07, 6.45) is 6.09. The third-order valence-electron chi connectivity index (χ3n) is 1.84. The molecule has 1 fully saturated rings. The van der Waals surface area contributed by atoms with Crippen molar-refractivity contribution in [2.75, 3.05) is 5.43 Å². The van der Waals surface area contributed by atoms with E-state index in [1.54, 1.807) is 18.3 Å². The molecule has 1 saturated carbocycles. The molecule has 4 heteroatoms. The quantitative estimate of drug-likeness (QED) is 0.595. The standard InChI is InChI=1S/C9H10ClN3/c10-8-2-1-5-11-9(8)13-12-6-7-3-4-7/h1-2,5-7H,3-4H2,(H,11,13)/b12-6+. The summed E-state index contributed by atoms with van der Waals surface area (Å²) in [5, 5.41) is 4.64. The Labute approximate surface area is 81.8 Å². The molecule has 3 nitrogen and oxygen atoms in total.